The number of hydrogen-bond donors (Lipinski definition) is 1. The average Bonchev–Trinajstić information content (AvgIpc) is 2.38. The van der Waals surface area contributed by atoms with Crippen molar-refractivity contribution in [2.24, 2.45) is 0 Å². The maximum absolute atomic E-state index is 9.36. The van der Waals surface area contributed by atoms with Gasteiger partial charge in [0.2, 0.25) is 0 Å². The minimum absolute atomic E-state index is 0.298. The highest BCUT2D eigenvalue weighted by Crippen LogP contribution is 2.33. The van der Waals surface area contributed by atoms with E-state index in [2.05, 4.69) is 33.9 Å². The zero-order valence-corrected chi connectivity index (χ0v) is 12.5. The molecule has 3 nitrogen and oxygen atoms in total. The Kier molecular flexibility index (Phi) is 3.87. The van der Waals surface area contributed by atoms with Crippen LogP contribution in [0, 0.1) is 18.3 Å². The minimum atomic E-state index is 0.298. The first-order valence-corrected chi connectivity index (χ1v) is 6.82. The van der Waals surface area contributed by atoms with Crippen LogP contribution in [0.4, 0.5) is 5.82 Å². The summed E-state index contributed by atoms with van der Waals surface area (Å²) in [6.07, 6.45) is 0.815. The van der Waals surface area contributed by atoms with E-state index in [1.165, 1.54) is 0 Å². The van der Waals surface area contributed by atoms with E-state index in [4.69, 9.17) is 5.73 Å². The molecule has 19 heavy (non-hydrogen) atoms. The second kappa shape index (κ2) is 5.41. The third-order valence-electron chi connectivity index (χ3n) is 3.11. The molecule has 2 aromatic rings. The first kappa shape index (κ1) is 13.6. The Hall–Kier alpha value is -1.86. The van der Waals surface area contributed by atoms with Crippen LogP contribution in [-0.2, 0) is 6.42 Å². The topological polar surface area (TPSA) is 62.7 Å². The Morgan fingerprint density at radius 1 is 1.42 bits per heavy atom. The fourth-order valence-corrected chi connectivity index (χ4v) is 2.67. The van der Waals surface area contributed by atoms with E-state index in [-0.39, 0.29) is 0 Å². The molecule has 2 rings (SSSR count). The Labute approximate surface area is 121 Å². The van der Waals surface area contributed by atoms with Crippen LogP contribution < -0.4 is 5.73 Å². The number of nitrogen functional groups attached to an aromatic ring is 1. The number of halogens is 1. The molecule has 0 bridgehead atoms. The van der Waals surface area contributed by atoms with Crippen LogP contribution in [0.5, 0.6) is 0 Å². The number of anilines is 1. The number of aromatic nitrogens is 1. The van der Waals surface area contributed by atoms with E-state index in [0.29, 0.717) is 11.4 Å². The Morgan fingerprint density at radius 2 is 2.16 bits per heavy atom. The fraction of sp³-hybridized carbons (Fsp3) is 0.200. The molecule has 96 valence electrons. The maximum atomic E-state index is 9.36. The van der Waals surface area contributed by atoms with Gasteiger partial charge in [0.15, 0.2) is 0 Å². The predicted octanol–water partition coefficient (Wildman–Crippen LogP) is 3.84. The number of pyridine rings is 1. The van der Waals surface area contributed by atoms with Crippen molar-refractivity contribution in [2.75, 3.05) is 5.73 Å². The molecule has 0 unspecified atom stereocenters. The summed E-state index contributed by atoms with van der Waals surface area (Å²) in [7, 11) is 0. The number of nitrogens with zero attached hydrogens (tertiary/aromatic N) is 2. The lowest BCUT2D eigenvalue weighted by Crippen LogP contribution is -2.04. The van der Waals surface area contributed by atoms with Gasteiger partial charge in [-0.25, -0.2) is 4.98 Å². The molecule has 2 N–H and O–H groups in total. The van der Waals surface area contributed by atoms with Gasteiger partial charge in [-0.2, -0.15) is 5.26 Å². The van der Waals surface area contributed by atoms with Gasteiger partial charge in [-0.15, -0.1) is 0 Å². The minimum Gasteiger partial charge on any atom is -0.383 e. The molecule has 0 aliphatic heterocycles. The molecule has 0 saturated carbocycles. The average molecular weight is 316 g/mol. The number of nitrogens with two attached hydrogens (primary N) is 1. The van der Waals surface area contributed by atoms with Crippen molar-refractivity contribution in [3.05, 3.63) is 45.6 Å². The van der Waals surface area contributed by atoms with E-state index >= 15 is 0 Å². The van der Waals surface area contributed by atoms with Gasteiger partial charge in [0.25, 0.3) is 0 Å². The third-order valence-corrected chi connectivity index (χ3v) is 3.60. The summed E-state index contributed by atoms with van der Waals surface area (Å²) in [6.45, 7) is 3.99. The molecular weight excluding hydrogens is 302 g/mol. The van der Waals surface area contributed by atoms with Crippen LogP contribution in [0.3, 0.4) is 0 Å². The Balaban J connectivity index is 2.84. The van der Waals surface area contributed by atoms with E-state index in [0.717, 1.165) is 33.3 Å². The molecule has 1 heterocycles. The van der Waals surface area contributed by atoms with Crippen molar-refractivity contribution in [3.63, 3.8) is 0 Å². The number of aryl methyl sites for hydroxylation is 1. The zero-order chi connectivity index (χ0) is 14.0. The monoisotopic (exact) mass is 315 g/mol. The highest BCUT2D eigenvalue weighted by atomic mass is 79.9. The summed E-state index contributed by atoms with van der Waals surface area (Å²) in [5, 5.41) is 9.36. The zero-order valence-electron chi connectivity index (χ0n) is 10.9. The van der Waals surface area contributed by atoms with Crippen LogP contribution in [0.1, 0.15) is 23.7 Å². The molecular formula is C15H14BrN3. The van der Waals surface area contributed by atoms with Gasteiger partial charge in [0.05, 0.1) is 0 Å². The second-order valence-corrected chi connectivity index (χ2v) is 5.20. The standard InChI is InChI=1S/C15H14BrN3/c1-3-12-9(2)19-15(18)13(8-17)14(12)10-5-4-6-11(16)7-10/h4-7H,3H2,1-2H3,(H2,18,19). The summed E-state index contributed by atoms with van der Waals surface area (Å²) in [6, 6.07) is 10.1. The van der Waals surface area contributed by atoms with E-state index in [1.807, 2.05) is 31.2 Å². The van der Waals surface area contributed by atoms with Crippen molar-refractivity contribution in [3.8, 4) is 17.2 Å². The van der Waals surface area contributed by atoms with Gasteiger partial charge in [-0.3, -0.25) is 0 Å². The summed E-state index contributed by atoms with van der Waals surface area (Å²) < 4.78 is 0.976. The second-order valence-electron chi connectivity index (χ2n) is 4.29. The van der Waals surface area contributed by atoms with Crippen LogP contribution in [0.25, 0.3) is 11.1 Å². The van der Waals surface area contributed by atoms with Crippen LogP contribution in [0.2, 0.25) is 0 Å². The molecule has 0 fully saturated rings. The molecule has 0 aliphatic carbocycles. The molecule has 0 radical (unpaired) electrons. The SMILES string of the molecule is CCc1c(C)nc(N)c(C#N)c1-c1cccc(Br)c1. The lowest BCUT2D eigenvalue weighted by Gasteiger charge is -2.14. The summed E-state index contributed by atoms with van der Waals surface area (Å²) in [5.41, 5.74) is 10.2. The first-order chi connectivity index (χ1) is 9.08. The normalized spacial score (nSPS) is 10.2. The van der Waals surface area contributed by atoms with E-state index < -0.39 is 0 Å². The van der Waals surface area contributed by atoms with Crippen molar-refractivity contribution in [1.29, 1.82) is 5.26 Å². The molecule has 1 aromatic heterocycles. The highest BCUT2D eigenvalue weighted by molar-refractivity contribution is 9.10. The number of benzene rings is 1. The summed E-state index contributed by atoms with van der Waals surface area (Å²) >= 11 is 3.46. The van der Waals surface area contributed by atoms with E-state index in [9.17, 15) is 5.26 Å². The van der Waals surface area contributed by atoms with Gasteiger partial charge in [0, 0.05) is 15.7 Å². The van der Waals surface area contributed by atoms with Crippen LogP contribution in [0.15, 0.2) is 28.7 Å². The van der Waals surface area contributed by atoms with Crippen LogP contribution >= 0.6 is 15.9 Å². The quantitative estimate of drug-likeness (QED) is 0.915. The lowest BCUT2D eigenvalue weighted by molar-refractivity contribution is 1.05. The van der Waals surface area contributed by atoms with Crippen molar-refractivity contribution >= 4 is 21.7 Å². The third kappa shape index (κ3) is 2.47. The van der Waals surface area contributed by atoms with Crippen molar-refractivity contribution < 1.29 is 0 Å². The molecule has 0 amide bonds. The van der Waals surface area contributed by atoms with Gasteiger partial charge in [0.1, 0.15) is 17.5 Å². The summed E-state index contributed by atoms with van der Waals surface area (Å²) in [4.78, 5) is 4.27. The van der Waals surface area contributed by atoms with Gasteiger partial charge >= 0.3 is 0 Å². The smallest absolute Gasteiger partial charge is 0.142 e. The van der Waals surface area contributed by atoms with Gasteiger partial charge in [-0.05, 0) is 36.6 Å². The molecule has 0 saturated heterocycles. The molecule has 1 aromatic carbocycles. The van der Waals surface area contributed by atoms with E-state index in [1.54, 1.807) is 0 Å². The highest BCUT2D eigenvalue weighted by Gasteiger charge is 2.16. The van der Waals surface area contributed by atoms with Crippen molar-refractivity contribution in [1.82, 2.24) is 4.98 Å². The molecule has 0 spiro atoms. The number of rotatable bonds is 2. The first-order valence-electron chi connectivity index (χ1n) is 6.03. The number of hydrogen-bond acceptors (Lipinski definition) is 3. The molecule has 0 atom stereocenters. The molecule has 4 heteroatoms. The maximum Gasteiger partial charge on any atom is 0.142 e. The molecule has 0 aliphatic rings. The van der Waals surface area contributed by atoms with Crippen molar-refractivity contribution in [2.45, 2.75) is 20.3 Å². The lowest BCUT2D eigenvalue weighted by atomic mass is 9.93. The Bertz CT molecular complexity index is 672. The predicted molar refractivity (Wildman–Crippen MR) is 80.6 cm³/mol. The Morgan fingerprint density at radius 3 is 2.74 bits per heavy atom. The summed E-state index contributed by atoms with van der Waals surface area (Å²) in [5.74, 6) is 0.298. The largest absolute Gasteiger partial charge is 0.383 e. The number of nitriles is 1. The van der Waals surface area contributed by atoms with Crippen LogP contribution in [-0.4, -0.2) is 4.98 Å². The van der Waals surface area contributed by atoms with Gasteiger partial charge < -0.3 is 5.73 Å². The fourth-order valence-electron chi connectivity index (χ4n) is 2.27. The van der Waals surface area contributed by atoms with Gasteiger partial charge in [-0.1, -0.05) is 35.0 Å².